The molecule has 0 saturated carbocycles. The van der Waals surface area contributed by atoms with Crippen LogP contribution in [0.4, 0.5) is 0 Å². The van der Waals surface area contributed by atoms with Gasteiger partial charge in [0.2, 0.25) is 0 Å². The van der Waals surface area contributed by atoms with Crippen molar-refractivity contribution < 1.29 is 47.8 Å². The molecule has 10 nitrogen and oxygen atoms in total. The van der Waals surface area contributed by atoms with Crippen LogP contribution in [0.15, 0.2) is 24.3 Å². The zero-order valence-electron chi connectivity index (χ0n) is 40.8. The molecule has 11 heteroatoms. The van der Waals surface area contributed by atoms with E-state index in [0.717, 1.165) is 44.9 Å². The Labute approximate surface area is 387 Å². The third-order valence-corrected chi connectivity index (χ3v) is 12.6. The fraction of sp³-hybridized carbons (Fsp3) is 0.885. The third kappa shape index (κ3) is 46.8. The number of aliphatic hydroxyl groups is 2. The molecule has 0 rings (SSSR count). The number of allylic oxidation sites excluding steroid dienone is 4. The average molecular weight is 915 g/mol. The van der Waals surface area contributed by atoms with Gasteiger partial charge in [-0.25, -0.2) is 4.57 Å². The van der Waals surface area contributed by atoms with Crippen LogP contribution in [0.5, 0.6) is 0 Å². The normalized spacial score (nSPS) is 13.8. The second-order valence-corrected chi connectivity index (χ2v) is 19.3. The lowest BCUT2D eigenvalue weighted by Gasteiger charge is -2.20. The average Bonchev–Trinajstić information content (AvgIpc) is 3.27. The molecule has 3 unspecified atom stereocenters. The largest absolute Gasteiger partial charge is 0.472 e. The number of rotatable bonds is 50. The van der Waals surface area contributed by atoms with Crippen molar-refractivity contribution in [2.75, 3.05) is 26.4 Å². The smallest absolute Gasteiger partial charge is 0.457 e. The van der Waals surface area contributed by atoms with Crippen molar-refractivity contribution in [3.05, 3.63) is 24.3 Å². The molecule has 0 saturated heterocycles. The summed E-state index contributed by atoms with van der Waals surface area (Å²) < 4.78 is 32.7. The molecule has 0 aromatic rings. The summed E-state index contributed by atoms with van der Waals surface area (Å²) >= 11 is 0. The molecular weight excluding hydrogens is 816 g/mol. The van der Waals surface area contributed by atoms with Crippen molar-refractivity contribution >= 4 is 19.8 Å². The summed E-state index contributed by atoms with van der Waals surface area (Å²) in [7, 11) is -4.64. The number of hydrogen-bond donors (Lipinski definition) is 3. The van der Waals surface area contributed by atoms with E-state index in [1.54, 1.807) is 0 Å². The van der Waals surface area contributed by atoms with Crippen LogP contribution in [0.25, 0.3) is 0 Å². The molecule has 0 aliphatic carbocycles. The van der Waals surface area contributed by atoms with Crippen LogP contribution in [0.2, 0.25) is 0 Å². The number of carbonyl (C=O) groups excluding carboxylic acids is 2. The Bertz CT molecular complexity index is 1100. The molecule has 0 aliphatic heterocycles. The van der Waals surface area contributed by atoms with Crippen LogP contribution in [-0.4, -0.2) is 65.7 Å². The van der Waals surface area contributed by atoms with Gasteiger partial charge in [0.15, 0.2) is 0 Å². The highest BCUT2D eigenvalue weighted by atomic mass is 31.2. The Morgan fingerprint density at radius 3 is 0.984 bits per heavy atom. The van der Waals surface area contributed by atoms with Gasteiger partial charge in [0.25, 0.3) is 0 Å². The fourth-order valence-electron chi connectivity index (χ4n) is 7.62. The number of ether oxygens (including phenoxy) is 2. The van der Waals surface area contributed by atoms with Crippen LogP contribution in [0, 0.1) is 0 Å². The number of hydrogen-bond acceptors (Lipinski definition) is 9. The maximum Gasteiger partial charge on any atom is 0.472 e. The van der Waals surface area contributed by atoms with E-state index in [1.165, 1.54) is 173 Å². The lowest BCUT2D eigenvalue weighted by molar-refractivity contribution is -0.153. The van der Waals surface area contributed by atoms with E-state index in [2.05, 4.69) is 38.2 Å². The zero-order chi connectivity index (χ0) is 46.2. The summed E-state index contributed by atoms with van der Waals surface area (Å²) in [6.45, 7) is 2.25. The maximum atomic E-state index is 12.4. The van der Waals surface area contributed by atoms with Crippen molar-refractivity contribution in [1.82, 2.24) is 0 Å². The van der Waals surface area contributed by atoms with Gasteiger partial charge in [0.1, 0.15) is 12.2 Å². The lowest BCUT2D eigenvalue weighted by atomic mass is 10.0. The van der Waals surface area contributed by atoms with Crippen molar-refractivity contribution in [3.63, 3.8) is 0 Å². The summed E-state index contributed by atoms with van der Waals surface area (Å²) in [6, 6.07) is 0. The SMILES string of the molecule is CCCCCCC/C=C\C/C=C\CCCCCCCCCCCCCC(=O)OC(CO)COP(=O)(O)OCC(CO)OC(=O)CCCCCCCCCCCCCCCCCCC. The summed E-state index contributed by atoms with van der Waals surface area (Å²) in [5, 5.41) is 19.3. The van der Waals surface area contributed by atoms with E-state index in [9.17, 15) is 29.3 Å². The highest BCUT2D eigenvalue weighted by Crippen LogP contribution is 2.43. The van der Waals surface area contributed by atoms with Crippen molar-refractivity contribution in [3.8, 4) is 0 Å². The highest BCUT2D eigenvalue weighted by Gasteiger charge is 2.27. The third-order valence-electron chi connectivity index (χ3n) is 11.7. The first-order chi connectivity index (χ1) is 30.8. The first-order valence-corrected chi connectivity index (χ1v) is 27.8. The van der Waals surface area contributed by atoms with E-state index in [0.29, 0.717) is 12.8 Å². The molecule has 0 amide bonds. The van der Waals surface area contributed by atoms with Gasteiger partial charge in [-0.05, 0) is 44.9 Å². The predicted molar refractivity (Wildman–Crippen MR) is 261 cm³/mol. The molecule has 0 aliphatic rings. The summed E-state index contributed by atoms with van der Waals surface area (Å²) in [6.07, 6.45) is 51.5. The number of aliphatic hydroxyl groups excluding tert-OH is 2. The second-order valence-electron chi connectivity index (χ2n) is 17.9. The molecule has 372 valence electrons. The summed E-state index contributed by atoms with van der Waals surface area (Å²) in [5.41, 5.74) is 0. The molecule has 0 aromatic heterocycles. The van der Waals surface area contributed by atoms with Crippen LogP contribution < -0.4 is 0 Å². The van der Waals surface area contributed by atoms with Gasteiger partial charge >= 0.3 is 19.8 Å². The van der Waals surface area contributed by atoms with Crippen LogP contribution >= 0.6 is 7.82 Å². The van der Waals surface area contributed by atoms with Gasteiger partial charge in [-0.3, -0.25) is 18.6 Å². The fourth-order valence-corrected chi connectivity index (χ4v) is 8.40. The molecule has 0 fully saturated rings. The van der Waals surface area contributed by atoms with E-state index >= 15 is 0 Å². The molecule has 3 atom stereocenters. The highest BCUT2D eigenvalue weighted by molar-refractivity contribution is 7.47. The van der Waals surface area contributed by atoms with E-state index in [-0.39, 0.29) is 12.8 Å². The van der Waals surface area contributed by atoms with Crippen LogP contribution in [0.3, 0.4) is 0 Å². The monoisotopic (exact) mass is 915 g/mol. The predicted octanol–water partition coefficient (Wildman–Crippen LogP) is 14.9. The molecule has 0 radical (unpaired) electrons. The van der Waals surface area contributed by atoms with Crippen molar-refractivity contribution in [2.24, 2.45) is 0 Å². The molecule has 63 heavy (non-hydrogen) atoms. The molecule has 0 heterocycles. The van der Waals surface area contributed by atoms with Gasteiger partial charge < -0.3 is 24.6 Å². The molecule has 0 bridgehead atoms. The zero-order valence-corrected chi connectivity index (χ0v) is 41.7. The van der Waals surface area contributed by atoms with Gasteiger partial charge in [-0.2, -0.15) is 0 Å². The maximum absolute atomic E-state index is 12.4. The minimum atomic E-state index is -4.64. The van der Waals surface area contributed by atoms with Gasteiger partial charge in [0.05, 0.1) is 26.4 Å². The van der Waals surface area contributed by atoms with Gasteiger partial charge in [0, 0.05) is 12.8 Å². The number of phosphoric acid groups is 1. The van der Waals surface area contributed by atoms with Gasteiger partial charge in [-0.15, -0.1) is 0 Å². The van der Waals surface area contributed by atoms with E-state index in [4.69, 9.17) is 18.5 Å². The Morgan fingerprint density at radius 2 is 0.698 bits per heavy atom. The first-order valence-electron chi connectivity index (χ1n) is 26.3. The number of phosphoric ester groups is 1. The second kappa shape index (κ2) is 48.4. The Kier molecular flexibility index (Phi) is 47.2. The Morgan fingerprint density at radius 1 is 0.429 bits per heavy atom. The first kappa shape index (κ1) is 61.5. The van der Waals surface area contributed by atoms with E-state index < -0.39 is 58.4 Å². The summed E-state index contributed by atoms with van der Waals surface area (Å²) in [5.74, 6) is -1.01. The van der Waals surface area contributed by atoms with Crippen molar-refractivity contribution in [1.29, 1.82) is 0 Å². The molecule has 0 aromatic carbocycles. The Hall–Kier alpha value is -1.55. The quantitative estimate of drug-likeness (QED) is 0.0233. The Balaban J connectivity index is 3.80. The summed E-state index contributed by atoms with van der Waals surface area (Å²) in [4.78, 5) is 34.7. The van der Waals surface area contributed by atoms with Crippen molar-refractivity contribution in [2.45, 2.75) is 270 Å². The number of esters is 2. The molecule has 0 spiro atoms. The van der Waals surface area contributed by atoms with Crippen LogP contribution in [0.1, 0.15) is 258 Å². The number of carbonyl (C=O) groups is 2. The number of unbranched alkanes of at least 4 members (excludes halogenated alkanes) is 32. The minimum Gasteiger partial charge on any atom is -0.457 e. The van der Waals surface area contributed by atoms with Gasteiger partial charge in [-0.1, -0.05) is 224 Å². The topological polar surface area (TPSA) is 149 Å². The van der Waals surface area contributed by atoms with E-state index in [1.807, 2.05) is 0 Å². The minimum absolute atomic E-state index is 0.192. The lowest BCUT2D eigenvalue weighted by Crippen LogP contribution is -2.28. The standard InChI is InChI=1S/C52H99O10P/c1-3-5-7-9-11-13-15-17-19-21-22-23-24-25-26-28-30-32-34-36-38-40-42-44-52(56)62-50(46-54)48-60-63(57,58)59-47-49(45-53)61-51(55)43-41-39-37-35-33-31-29-27-20-18-16-14-12-10-8-6-4-2/h15,17,21-22,49-50,53-54H,3-14,16,18-20,23-48H2,1-2H3,(H,57,58)/b17-15-,22-21-. The molecular formula is C52H99O10P. The molecule has 3 N–H and O–H groups in total. The van der Waals surface area contributed by atoms with Crippen LogP contribution in [-0.2, 0) is 32.7 Å².